The van der Waals surface area contributed by atoms with E-state index in [1.165, 1.54) is 50.1 Å². The molecule has 1 spiro atoms. The fourth-order valence-corrected chi connectivity index (χ4v) is 7.50. The molecule has 3 aliphatic rings. The highest BCUT2D eigenvalue weighted by molar-refractivity contribution is 5.81. The normalized spacial score (nSPS) is 24.6. The molecule has 2 aromatic rings. The topological polar surface area (TPSA) is 93.9 Å². The molecule has 2 atom stereocenters. The summed E-state index contributed by atoms with van der Waals surface area (Å²) in [5.74, 6) is 1.90. The van der Waals surface area contributed by atoms with E-state index in [0.29, 0.717) is 47.8 Å². The van der Waals surface area contributed by atoms with Crippen LogP contribution in [0.25, 0.3) is 10.9 Å². The third kappa shape index (κ3) is 4.92. The molecule has 1 saturated heterocycles. The van der Waals surface area contributed by atoms with Gasteiger partial charge in [-0.15, -0.1) is 0 Å². The third-order valence-corrected chi connectivity index (χ3v) is 9.74. The number of likely N-dealkylation sites (tertiary alicyclic amines) is 1. The molecule has 1 unspecified atom stereocenters. The summed E-state index contributed by atoms with van der Waals surface area (Å²) in [6.07, 6.45) is 13.1. The van der Waals surface area contributed by atoms with Crippen molar-refractivity contribution in [3.05, 3.63) is 28.8 Å². The Kier molecular flexibility index (Phi) is 7.72. The Morgan fingerprint density at radius 2 is 1.76 bits per heavy atom. The second-order valence-corrected chi connectivity index (χ2v) is 12.1. The predicted molar refractivity (Wildman–Crippen MR) is 147 cm³/mol. The Balaban J connectivity index is 1.37. The van der Waals surface area contributed by atoms with Crippen molar-refractivity contribution in [1.82, 2.24) is 14.5 Å². The second kappa shape index (κ2) is 10.9. The van der Waals surface area contributed by atoms with Gasteiger partial charge in [-0.2, -0.15) is 0 Å². The minimum absolute atomic E-state index is 0.0158. The summed E-state index contributed by atoms with van der Waals surface area (Å²) >= 11 is 0. The second-order valence-electron chi connectivity index (χ2n) is 12.1. The largest absolute Gasteiger partial charge is 0.493 e. The van der Waals surface area contributed by atoms with Crippen LogP contribution in [-0.2, 0) is 11.3 Å². The van der Waals surface area contributed by atoms with E-state index in [2.05, 4.69) is 11.9 Å². The SMILES string of the molecule is COc1cc2ncn(CC3(O)CCN(C(=O)[C@H](C)CC4CCCCC4)CC34CCCC4)c(=O)c2cc1OC. The van der Waals surface area contributed by atoms with E-state index in [0.717, 1.165) is 32.1 Å². The zero-order valence-electron chi connectivity index (χ0n) is 23.2. The number of fused-ring (bicyclic) bond motifs is 1. The maximum Gasteiger partial charge on any atom is 0.261 e. The van der Waals surface area contributed by atoms with Gasteiger partial charge in [0.15, 0.2) is 11.5 Å². The van der Waals surface area contributed by atoms with E-state index in [-0.39, 0.29) is 23.9 Å². The van der Waals surface area contributed by atoms with Gasteiger partial charge in [-0.25, -0.2) is 4.98 Å². The number of hydrogen-bond donors (Lipinski definition) is 1. The molecule has 8 heteroatoms. The molecule has 2 aliphatic carbocycles. The fraction of sp³-hybridized carbons (Fsp3) is 0.700. The third-order valence-electron chi connectivity index (χ3n) is 9.74. The molecule has 1 aromatic carbocycles. The van der Waals surface area contributed by atoms with Gasteiger partial charge in [-0.3, -0.25) is 14.2 Å². The van der Waals surface area contributed by atoms with E-state index in [9.17, 15) is 14.7 Å². The standard InChI is InChI=1S/C30H43N3O5/c1-21(15-22-9-5-4-6-10-22)27(34)32-14-13-30(36,29(18-32)11-7-8-12-29)19-33-20-31-24-17-26(38-3)25(37-2)16-23(24)28(33)35/h16-17,20-22,36H,4-15,18-19H2,1-3H3/t21-,30?/m1/s1. The number of carbonyl (C=O) groups excluding carboxylic acids is 1. The average Bonchev–Trinajstić information content (AvgIpc) is 3.41. The lowest BCUT2D eigenvalue weighted by Gasteiger charge is -2.52. The van der Waals surface area contributed by atoms with Gasteiger partial charge in [0.05, 0.1) is 43.6 Å². The molecule has 0 bridgehead atoms. The zero-order chi connectivity index (χ0) is 26.9. The molecule has 208 valence electrons. The first-order valence-electron chi connectivity index (χ1n) is 14.4. The van der Waals surface area contributed by atoms with Crippen LogP contribution in [0.3, 0.4) is 0 Å². The maximum absolute atomic E-state index is 13.6. The lowest BCUT2D eigenvalue weighted by molar-refractivity contribution is -0.163. The Morgan fingerprint density at radius 1 is 1.08 bits per heavy atom. The van der Waals surface area contributed by atoms with E-state index in [1.54, 1.807) is 19.2 Å². The minimum atomic E-state index is -1.08. The fourth-order valence-electron chi connectivity index (χ4n) is 7.50. The van der Waals surface area contributed by atoms with Crippen LogP contribution in [0.2, 0.25) is 0 Å². The highest BCUT2D eigenvalue weighted by Gasteiger charge is 2.55. The number of nitrogens with zero attached hydrogens (tertiary/aromatic N) is 3. The lowest BCUT2D eigenvalue weighted by atomic mass is 9.65. The van der Waals surface area contributed by atoms with Gasteiger partial charge < -0.3 is 19.5 Å². The van der Waals surface area contributed by atoms with Gasteiger partial charge in [-0.1, -0.05) is 51.9 Å². The van der Waals surface area contributed by atoms with Crippen LogP contribution in [0, 0.1) is 17.3 Å². The van der Waals surface area contributed by atoms with Crippen molar-refractivity contribution in [1.29, 1.82) is 0 Å². The predicted octanol–water partition coefficient (Wildman–Crippen LogP) is 4.54. The van der Waals surface area contributed by atoms with E-state index >= 15 is 0 Å². The molecule has 8 nitrogen and oxygen atoms in total. The van der Waals surface area contributed by atoms with E-state index < -0.39 is 11.0 Å². The molecule has 38 heavy (non-hydrogen) atoms. The number of aliphatic hydroxyl groups is 1. The number of hydrogen-bond acceptors (Lipinski definition) is 6. The summed E-state index contributed by atoms with van der Waals surface area (Å²) in [4.78, 5) is 33.6. The van der Waals surface area contributed by atoms with Gasteiger partial charge in [0, 0.05) is 30.5 Å². The zero-order valence-corrected chi connectivity index (χ0v) is 23.2. The molecule has 1 N–H and O–H groups in total. The number of ether oxygens (including phenoxy) is 2. The molecule has 1 aromatic heterocycles. The van der Waals surface area contributed by atoms with Gasteiger partial charge in [-0.05, 0) is 37.7 Å². The number of aromatic nitrogens is 2. The molecule has 5 rings (SSSR count). The van der Waals surface area contributed by atoms with Crippen LogP contribution < -0.4 is 15.0 Å². The number of carbonyl (C=O) groups is 1. The highest BCUT2D eigenvalue weighted by Crippen LogP contribution is 2.52. The average molecular weight is 526 g/mol. The first-order valence-corrected chi connectivity index (χ1v) is 14.4. The highest BCUT2D eigenvalue weighted by atomic mass is 16.5. The first kappa shape index (κ1) is 27.0. The summed E-state index contributed by atoms with van der Waals surface area (Å²) < 4.78 is 12.3. The Labute approximate surface area is 225 Å². The number of piperidine rings is 1. The van der Waals surface area contributed by atoms with Gasteiger partial charge in [0.2, 0.25) is 5.91 Å². The Morgan fingerprint density at radius 3 is 2.45 bits per heavy atom. The van der Waals surface area contributed by atoms with Crippen molar-refractivity contribution in [3.8, 4) is 11.5 Å². The summed E-state index contributed by atoms with van der Waals surface area (Å²) in [7, 11) is 3.09. The Hall–Kier alpha value is -2.61. The minimum Gasteiger partial charge on any atom is -0.493 e. The number of amides is 1. The van der Waals surface area contributed by atoms with Crippen molar-refractivity contribution in [2.24, 2.45) is 17.3 Å². The van der Waals surface area contributed by atoms with Crippen molar-refractivity contribution in [2.45, 2.75) is 89.7 Å². The Bertz CT molecular complexity index is 1210. The first-order chi connectivity index (χ1) is 18.3. The molecule has 2 saturated carbocycles. The summed E-state index contributed by atoms with van der Waals surface area (Å²) in [5.41, 5.74) is -1.17. The molecule has 0 radical (unpaired) electrons. The van der Waals surface area contributed by atoms with E-state index in [1.807, 2.05) is 4.90 Å². The van der Waals surface area contributed by atoms with Crippen LogP contribution in [0.5, 0.6) is 11.5 Å². The van der Waals surface area contributed by atoms with Crippen molar-refractivity contribution in [3.63, 3.8) is 0 Å². The molecule has 2 heterocycles. The number of methoxy groups -OCH3 is 2. The summed E-state index contributed by atoms with van der Waals surface area (Å²) in [6.45, 7) is 3.34. The molecule has 1 aliphatic heterocycles. The molecule has 1 amide bonds. The smallest absolute Gasteiger partial charge is 0.261 e. The molecule has 3 fully saturated rings. The quantitative estimate of drug-likeness (QED) is 0.570. The summed E-state index contributed by atoms with van der Waals surface area (Å²) in [6, 6.07) is 3.36. The van der Waals surface area contributed by atoms with Gasteiger partial charge in [0.1, 0.15) is 0 Å². The number of rotatable bonds is 7. The molecular formula is C30H43N3O5. The van der Waals surface area contributed by atoms with Crippen LogP contribution in [0.1, 0.15) is 77.6 Å². The molecular weight excluding hydrogens is 482 g/mol. The number of benzene rings is 1. The lowest BCUT2D eigenvalue weighted by Crippen LogP contribution is -2.62. The van der Waals surface area contributed by atoms with Crippen LogP contribution >= 0.6 is 0 Å². The van der Waals surface area contributed by atoms with E-state index in [4.69, 9.17) is 9.47 Å². The maximum atomic E-state index is 13.6. The summed E-state index contributed by atoms with van der Waals surface area (Å²) in [5, 5.41) is 12.6. The van der Waals surface area contributed by atoms with Gasteiger partial charge in [0.25, 0.3) is 5.56 Å². The van der Waals surface area contributed by atoms with Crippen molar-refractivity contribution >= 4 is 16.8 Å². The van der Waals surface area contributed by atoms with Gasteiger partial charge >= 0.3 is 0 Å². The van der Waals surface area contributed by atoms with Crippen molar-refractivity contribution in [2.75, 3.05) is 27.3 Å². The van der Waals surface area contributed by atoms with Crippen molar-refractivity contribution < 1.29 is 19.4 Å². The van der Waals surface area contributed by atoms with Crippen LogP contribution in [0.4, 0.5) is 0 Å². The van der Waals surface area contributed by atoms with Crippen LogP contribution in [0.15, 0.2) is 23.3 Å². The monoisotopic (exact) mass is 525 g/mol. The van der Waals surface area contributed by atoms with Crippen LogP contribution in [-0.4, -0.2) is 58.4 Å².